The summed E-state index contributed by atoms with van der Waals surface area (Å²) in [4.78, 5) is 13.6. The standard InChI is InChI=1S/C30H34NO7PS/c1-6-38-30(32)29(31(39(33,36-4)37-5)26-18-16-23(2)17-19-26)22-25(28-15-11-10-12-24(28)3)20-21-40(34,35)27-13-8-7-9-14-27/h7-19H,6,20-21H2,1-5H3. The molecule has 0 aromatic heterocycles. The van der Waals surface area contributed by atoms with Crippen molar-refractivity contribution < 1.29 is 31.6 Å². The number of esters is 1. The maximum atomic E-state index is 13.9. The van der Waals surface area contributed by atoms with Gasteiger partial charge in [0.25, 0.3) is 0 Å². The van der Waals surface area contributed by atoms with Crippen molar-refractivity contribution in [3.05, 3.63) is 107 Å². The zero-order chi connectivity index (χ0) is 29.3. The van der Waals surface area contributed by atoms with Crippen molar-refractivity contribution in [1.29, 1.82) is 0 Å². The highest BCUT2D eigenvalue weighted by Crippen LogP contribution is 2.55. The van der Waals surface area contributed by atoms with Gasteiger partial charge in [-0.1, -0.05) is 65.9 Å². The minimum absolute atomic E-state index is 0.0109. The fraction of sp³-hybridized carbons (Fsp3) is 0.267. The van der Waals surface area contributed by atoms with E-state index >= 15 is 0 Å². The zero-order valence-corrected chi connectivity index (χ0v) is 25.0. The van der Waals surface area contributed by atoms with Crippen LogP contribution in [0.1, 0.15) is 30.0 Å². The smallest absolute Gasteiger partial charge is 0.439 e. The van der Waals surface area contributed by atoms with Crippen LogP contribution in [-0.4, -0.2) is 41.0 Å². The molecule has 212 valence electrons. The van der Waals surface area contributed by atoms with Crippen molar-refractivity contribution in [3.63, 3.8) is 0 Å². The largest absolute Gasteiger partial charge is 0.461 e. The second-order valence-corrected chi connectivity index (χ2v) is 13.0. The predicted molar refractivity (Wildman–Crippen MR) is 157 cm³/mol. The molecule has 0 heterocycles. The molecule has 0 aliphatic carbocycles. The van der Waals surface area contributed by atoms with E-state index in [1.807, 2.05) is 38.1 Å². The molecule has 10 heteroatoms. The van der Waals surface area contributed by atoms with Gasteiger partial charge in [-0.05, 0) is 62.6 Å². The summed E-state index contributed by atoms with van der Waals surface area (Å²) in [7, 11) is -5.35. The molecule has 0 aliphatic rings. The molecule has 40 heavy (non-hydrogen) atoms. The first-order valence-electron chi connectivity index (χ1n) is 12.7. The summed E-state index contributed by atoms with van der Waals surface area (Å²) in [5.41, 5.74) is 6.07. The summed E-state index contributed by atoms with van der Waals surface area (Å²) in [6.45, 7) is 5.46. The molecule has 0 spiro atoms. The quantitative estimate of drug-likeness (QED) is 0.103. The highest BCUT2D eigenvalue weighted by atomic mass is 32.2. The summed E-state index contributed by atoms with van der Waals surface area (Å²) in [6.07, 6.45) is 0.0109. The Bertz CT molecular complexity index is 1540. The first-order valence-corrected chi connectivity index (χ1v) is 15.8. The van der Waals surface area contributed by atoms with Crippen molar-refractivity contribution in [2.24, 2.45) is 0 Å². The number of carbonyl (C=O) groups excluding carboxylic acids is 1. The first kappa shape index (κ1) is 31.1. The molecule has 3 rings (SSSR count). The lowest BCUT2D eigenvalue weighted by Crippen LogP contribution is -2.27. The summed E-state index contributed by atoms with van der Waals surface area (Å²) >= 11 is 0. The maximum absolute atomic E-state index is 13.9. The molecule has 0 bridgehead atoms. The molecular formula is C30H34NO7PS. The van der Waals surface area contributed by atoms with Crippen LogP contribution in [-0.2, 0) is 33.0 Å². The molecule has 0 fully saturated rings. The third-order valence-corrected chi connectivity index (χ3v) is 9.70. The van der Waals surface area contributed by atoms with Gasteiger partial charge in [-0.25, -0.2) is 22.4 Å². The lowest BCUT2D eigenvalue weighted by molar-refractivity contribution is -0.138. The second-order valence-electron chi connectivity index (χ2n) is 8.85. The Labute approximate surface area is 236 Å². The number of ether oxygens (including phenoxy) is 1. The molecule has 0 aliphatic heterocycles. The zero-order valence-electron chi connectivity index (χ0n) is 23.3. The average molecular weight is 584 g/mol. The van der Waals surface area contributed by atoms with Crippen LogP contribution in [0.5, 0.6) is 0 Å². The van der Waals surface area contributed by atoms with Gasteiger partial charge in [0.15, 0.2) is 15.5 Å². The van der Waals surface area contributed by atoms with Crippen LogP contribution in [0.2, 0.25) is 0 Å². The summed E-state index contributed by atoms with van der Waals surface area (Å²) in [5.74, 6) is -1.07. The molecule has 0 unspecified atom stereocenters. The Balaban J connectivity index is 2.34. The number of rotatable bonds is 12. The SMILES string of the molecule is CCOC(=O)C(=C=C(CCS(=O)(=O)c1ccccc1)c1ccccc1C)N(c1ccc(C)cc1)P(=O)(OC)OC. The number of hydrogen-bond donors (Lipinski definition) is 0. The van der Waals surface area contributed by atoms with Gasteiger partial charge < -0.3 is 4.74 Å². The third kappa shape index (κ3) is 7.39. The Morgan fingerprint density at radius 2 is 1.50 bits per heavy atom. The van der Waals surface area contributed by atoms with E-state index in [4.69, 9.17) is 13.8 Å². The van der Waals surface area contributed by atoms with Crippen LogP contribution in [0.25, 0.3) is 5.57 Å². The number of nitrogens with zero attached hydrogens (tertiary/aromatic N) is 1. The van der Waals surface area contributed by atoms with Crippen LogP contribution in [0, 0.1) is 13.8 Å². The van der Waals surface area contributed by atoms with Gasteiger partial charge in [-0.3, -0.25) is 9.05 Å². The fourth-order valence-electron chi connectivity index (χ4n) is 4.01. The van der Waals surface area contributed by atoms with Crippen molar-refractivity contribution in [2.45, 2.75) is 32.1 Å². The Morgan fingerprint density at radius 1 is 0.900 bits per heavy atom. The number of anilines is 1. The topological polar surface area (TPSA) is 99.2 Å². The molecule has 0 radical (unpaired) electrons. The van der Waals surface area contributed by atoms with E-state index in [0.29, 0.717) is 16.8 Å². The summed E-state index contributed by atoms with van der Waals surface area (Å²) in [5, 5.41) is 0. The molecule has 3 aromatic carbocycles. The van der Waals surface area contributed by atoms with E-state index in [2.05, 4.69) is 5.73 Å². The van der Waals surface area contributed by atoms with Gasteiger partial charge in [0.2, 0.25) is 0 Å². The monoisotopic (exact) mass is 583 g/mol. The first-order chi connectivity index (χ1) is 19.1. The Hall–Kier alpha value is -3.45. The van der Waals surface area contributed by atoms with E-state index in [0.717, 1.165) is 15.8 Å². The number of sulfone groups is 1. The summed E-state index contributed by atoms with van der Waals surface area (Å²) in [6, 6.07) is 22.4. The average Bonchev–Trinajstić information content (AvgIpc) is 2.96. The van der Waals surface area contributed by atoms with Crippen LogP contribution in [0.15, 0.2) is 95.2 Å². The predicted octanol–water partition coefficient (Wildman–Crippen LogP) is 6.50. The van der Waals surface area contributed by atoms with Gasteiger partial charge >= 0.3 is 13.7 Å². The summed E-state index contributed by atoms with van der Waals surface area (Å²) < 4.78 is 57.3. The highest BCUT2D eigenvalue weighted by molar-refractivity contribution is 7.91. The molecule has 0 saturated heterocycles. The van der Waals surface area contributed by atoms with Gasteiger partial charge in [0.1, 0.15) is 0 Å². The van der Waals surface area contributed by atoms with Crippen molar-refractivity contribution in [3.8, 4) is 0 Å². The van der Waals surface area contributed by atoms with E-state index < -0.39 is 23.6 Å². The van der Waals surface area contributed by atoms with Crippen LogP contribution in [0.4, 0.5) is 5.69 Å². The molecule has 0 saturated carbocycles. The third-order valence-electron chi connectivity index (χ3n) is 6.13. The van der Waals surface area contributed by atoms with E-state index in [-0.39, 0.29) is 29.4 Å². The van der Waals surface area contributed by atoms with Crippen molar-refractivity contribution >= 4 is 34.8 Å². The van der Waals surface area contributed by atoms with E-state index in [1.165, 1.54) is 14.2 Å². The van der Waals surface area contributed by atoms with Crippen LogP contribution >= 0.6 is 7.75 Å². The Morgan fingerprint density at radius 3 is 2.08 bits per heavy atom. The van der Waals surface area contributed by atoms with Crippen LogP contribution < -0.4 is 4.67 Å². The molecule has 8 nitrogen and oxygen atoms in total. The van der Waals surface area contributed by atoms with Gasteiger partial charge in [-0.2, -0.15) is 0 Å². The van der Waals surface area contributed by atoms with Gasteiger partial charge in [-0.15, -0.1) is 0 Å². The molecule has 0 N–H and O–H groups in total. The fourth-order valence-corrected chi connectivity index (χ4v) is 6.56. The van der Waals surface area contributed by atoms with Gasteiger partial charge in [0, 0.05) is 19.8 Å². The molecule has 3 aromatic rings. The molecule has 0 atom stereocenters. The lowest BCUT2D eigenvalue weighted by atomic mass is 9.99. The maximum Gasteiger partial charge on any atom is 0.439 e. The Kier molecular flexibility index (Phi) is 10.7. The minimum atomic E-state index is -4.12. The van der Waals surface area contributed by atoms with Crippen molar-refractivity contribution in [2.75, 3.05) is 31.2 Å². The van der Waals surface area contributed by atoms with E-state index in [1.54, 1.807) is 61.5 Å². The van der Waals surface area contributed by atoms with Crippen LogP contribution in [0.3, 0.4) is 0 Å². The number of hydrogen-bond acceptors (Lipinski definition) is 7. The number of benzene rings is 3. The van der Waals surface area contributed by atoms with Gasteiger partial charge in [0.05, 0.1) is 22.9 Å². The number of aryl methyl sites for hydroxylation is 2. The highest BCUT2D eigenvalue weighted by Gasteiger charge is 2.38. The molecular weight excluding hydrogens is 549 g/mol. The van der Waals surface area contributed by atoms with E-state index in [9.17, 15) is 17.8 Å². The van der Waals surface area contributed by atoms with Crippen molar-refractivity contribution in [1.82, 2.24) is 0 Å². The number of carbonyl (C=O) groups is 1. The lowest BCUT2D eigenvalue weighted by Gasteiger charge is -2.30. The minimum Gasteiger partial charge on any atom is -0.461 e. The second kappa shape index (κ2) is 13.8. The normalized spacial score (nSPS) is 11.4. The molecule has 0 amide bonds.